The van der Waals surface area contributed by atoms with Crippen LogP contribution in [-0.2, 0) is 9.53 Å². The van der Waals surface area contributed by atoms with Gasteiger partial charge in [0.2, 0.25) is 0 Å². The number of nitrogens with zero attached hydrogens (tertiary/aromatic N) is 1. The summed E-state index contributed by atoms with van der Waals surface area (Å²) >= 11 is 0. The van der Waals surface area contributed by atoms with Crippen molar-refractivity contribution >= 4 is 12.1 Å². The van der Waals surface area contributed by atoms with Gasteiger partial charge in [-0.25, -0.2) is 4.79 Å². The number of aliphatic hydroxyl groups is 1. The maximum Gasteiger partial charge on any atom is 0.410 e. The number of piperidine rings is 1. The van der Waals surface area contributed by atoms with Gasteiger partial charge in [-0.3, -0.25) is 4.79 Å². The molecule has 0 aromatic rings. The minimum Gasteiger partial charge on any atom is -0.481 e. The van der Waals surface area contributed by atoms with Crippen molar-refractivity contribution in [3.8, 4) is 0 Å². The molecule has 1 heterocycles. The molecule has 1 aliphatic heterocycles. The van der Waals surface area contributed by atoms with Crippen LogP contribution < -0.4 is 0 Å². The van der Waals surface area contributed by atoms with Crippen LogP contribution in [0.25, 0.3) is 0 Å². The molecular formula is C13H23NO5. The lowest BCUT2D eigenvalue weighted by molar-refractivity contribution is -0.140. The van der Waals surface area contributed by atoms with E-state index in [1.165, 1.54) is 0 Å². The Kier molecular flexibility index (Phi) is 5.17. The number of carboxylic acid groups (broad SMARTS) is 1. The monoisotopic (exact) mass is 273 g/mol. The summed E-state index contributed by atoms with van der Waals surface area (Å²) in [7, 11) is 0. The number of ether oxygens (including phenoxy) is 1. The average molecular weight is 273 g/mol. The van der Waals surface area contributed by atoms with Crippen molar-refractivity contribution in [1.82, 2.24) is 4.90 Å². The summed E-state index contributed by atoms with van der Waals surface area (Å²) in [5.41, 5.74) is -0.517. The number of carbonyl (C=O) groups excluding carboxylic acids is 1. The lowest BCUT2D eigenvalue weighted by atomic mass is 9.90. The van der Waals surface area contributed by atoms with Crippen LogP contribution in [0.5, 0.6) is 0 Å². The van der Waals surface area contributed by atoms with Gasteiger partial charge >= 0.3 is 12.1 Å². The maximum atomic E-state index is 11.8. The Bertz CT molecular complexity index is 328. The molecular weight excluding hydrogens is 250 g/mol. The molecule has 0 bridgehead atoms. The van der Waals surface area contributed by atoms with Crippen molar-refractivity contribution in [3.63, 3.8) is 0 Å². The highest BCUT2D eigenvalue weighted by molar-refractivity contribution is 5.68. The summed E-state index contributed by atoms with van der Waals surface area (Å²) in [4.78, 5) is 24.0. The van der Waals surface area contributed by atoms with Gasteiger partial charge in [0.1, 0.15) is 5.60 Å². The fourth-order valence-corrected chi connectivity index (χ4v) is 2.14. The van der Waals surface area contributed by atoms with Crippen LogP contribution in [-0.4, -0.2) is 52.0 Å². The number of amides is 1. The first-order valence-electron chi connectivity index (χ1n) is 6.57. The zero-order valence-corrected chi connectivity index (χ0v) is 11.8. The number of likely N-dealkylation sites (tertiary alicyclic amines) is 1. The minimum atomic E-state index is -0.998. The lowest BCUT2D eigenvalue weighted by Crippen LogP contribution is -2.43. The normalized spacial score (nSPS) is 19.1. The smallest absolute Gasteiger partial charge is 0.410 e. The van der Waals surface area contributed by atoms with Crippen molar-refractivity contribution in [2.24, 2.45) is 5.92 Å². The van der Waals surface area contributed by atoms with E-state index in [2.05, 4.69) is 0 Å². The van der Waals surface area contributed by atoms with Gasteiger partial charge in [0.25, 0.3) is 0 Å². The number of aliphatic hydroxyl groups excluding tert-OH is 1. The summed E-state index contributed by atoms with van der Waals surface area (Å²) in [6.45, 7) is 6.43. The molecule has 110 valence electrons. The first kappa shape index (κ1) is 15.8. The van der Waals surface area contributed by atoms with Crippen molar-refractivity contribution in [3.05, 3.63) is 0 Å². The average Bonchev–Trinajstić information content (AvgIpc) is 2.26. The Balaban J connectivity index is 2.40. The van der Waals surface area contributed by atoms with Crippen molar-refractivity contribution in [2.75, 3.05) is 13.1 Å². The number of hydrogen-bond acceptors (Lipinski definition) is 4. The fraction of sp³-hybridized carbons (Fsp3) is 0.846. The minimum absolute atomic E-state index is 0.0604. The molecule has 1 rings (SSSR count). The molecule has 6 nitrogen and oxygen atoms in total. The molecule has 1 atom stereocenters. The third-order valence-electron chi connectivity index (χ3n) is 3.12. The number of carboxylic acids is 1. The molecule has 19 heavy (non-hydrogen) atoms. The molecule has 2 N–H and O–H groups in total. The van der Waals surface area contributed by atoms with E-state index in [1.807, 2.05) is 20.8 Å². The number of carbonyl (C=O) groups is 2. The van der Waals surface area contributed by atoms with Crippen LogP contribution in [0.15, 0.2) is 0 Å². The topological polar surface area (TPSA) is 87.1 Å². The van der Waals surface area contributed by atoms with Gasteiger partial charge < -0.3 is 19.8 Å². The first-order valence-corrected chi connectivity index (χ1v) is 6.57. The van der Waals surface area contributed by atoms with Gasteiger partial charge in [-0.2, -0.15) is 0 Å². The van der Waals surface area contributed by atoms with Gasteiger partial charge in [0, 0.05) is 13.1 Å². The molecule has 0 aromatic carbocycles. The third kappa shape index (κ3) is 5.46. The molecule has 0 spiro atoms. The number of hydrogen-bond donors (Lipinski definition) is 2. The molecule has 1 fully saturated rings. The largest absolute Gasteiger partial charge is 0.481 e. The third-order valence-corrected chi connectivity index (χ3v) is 3.12. The van der Waals surface area contributed by atoms with E-state index in [0.29, 0.717) is 25.9 Å². The van der Waals surface area contributed by atoms with E-state index in [4.69, 9.17) is 9.84 Å². The summed E-state index contributed by atoms with van der Waals surface area (Å²) in [6, 6.07) is 0. The molecule has 0 unspecified atom stereocenters. The van der Waals surface area contributed by atoms with E-state index in [-0.39, 0.29) is 18.4 Å². The zero-order chi connectivity index (χ0) is 14.6. The highest BCUT2D eigenvalue weighted by Gasteiger charge is 2.30. The van der Waals surface area contributed by atoms with Crippen molar-refractivity contribution in [2.45, 2.75) is 51.7 Å². The summed E-state index contributed by atoms with van der Waals surface area (Å²) in [6.07, 6.45) is -0.213. The standard InChI is InChI=1S/C13H23NO5/c1-13(2,3)19-12(18)14-6-4-9(5-7-14)10(15)8-11(16)17/h9-10,15H,4-8H2,1-3H3,(H,16,17)/t10-/m1/s1. The van der Waals surface area contributed by atoms with Crippen molar-refractivity contribution < 1.29 is 24.5 Å². The van der Waals surface area contributed by atoms with Crippen LogP contribution in [0.2, 0.25) is 0 Å². The zero-order valence-electron chi connectivity index (χ0n) is 11.8. The summed E-state index contributed by atoms with van der Waals surface area (Å²) in [5.74, 6) is -1.06. The molecule has 6 heteroatoms. The summed E-state index contributed by atoms with van der Waals surface area (Å²) in [5, 5.41) is 18.4. The van der Waals surface area contributed by atoms with Crippen LogP contribution in [0.1, 0.15) is 40.0 Å². The van der Waals surface area contributed by atoms with E-state index >= 15 is 0 Å². The van der Waals surface area contributed by atoms with Crippen LogP contribution >= 0.6 is 0 Å². The van der Waals surface area contributed by atoms with E-state index < -0.39 is 17.7 Å². The van der Waals surface area contributed by atoms with E-state index in [1.54, 1.807) is 4.90 Å². The first-order chi connectivity index (χ1) is 8.69. The predicted octanol–water partition coefficient (Wildman–Crippen LogP) is 1.47. The second-order valence-electron chi connectivity index (χ2n) is 5.97. The van der Waals surface area contributed by atoms with Gasteiger partial charge in [-0.1, -0.05) is 0 Å². The van der Waals surface area contributed by atoms with E-state index in [0.717, 1.165) is 0 Å². The van der Waals surface area contributed by atoms with Crippen LogP contribution in [0, 0.1) is 5.92 Å². The summed E-state index contributed by atoms with van der Waals surface area (Å²) < 4.78 is 5.27. The second kappa shape index (κ2) is 6.23. The highest BCUT2D eigenvalue weighted by atomic mass is 16.6. The maximum absolute atomic E-state index is 11.8. The van der Waals surface area contributed by atoms with Crippen molar-refractivity contribution in [1.29, 1.82) is 0 Å². The SMILES string of the molecule is CC(C)(C)OC(=O)N1CCC([C@H](O)CC(=O)O)CC1. The predicted molar refractivity (Wildman–Crippen MR) is 68.8 cm³/mol. The molecule has 0 radical (unpaired) electrons. The Morgan fingerprint density at radius 1 is 1.32 bits per heavy atom. The Labute approximate surface area is 113 Å². The quantitative estimate of drug-likeness (QED) is 0.813. The molecule has 1 aliphatic rings. The number of aliphatic carboxylic acids is 1. The Hall–Kier alpha value is -1.30. The van der Waals surface area contributed by atoms with E-state index in [9.17, 15) is 14.7 Å². The lowest BCUT2D eigenvalue weighted by Gasteiger charge is -2.34. The number of rotatable bonds is 3. The van der Waals surface area contributed by atoms with Crippen LogP contribution in [0.4, 0.5) is 4.79 Å². The molecule has 1 amide bonds. The Morgan fingerprint density at radius 2 is 1.84 bits per heavy atom. The van der Waals surface area contributed by atoms with Gasteiger partial charge in [-0.05, 0) is 39.5 Å². The highest BCUT2D eigenvalue weighted by Crippen LogP contribution is 2.23. The van der Waals surface area contributed by atoms with Gasteiger partial charge in [0.05, 0.1) is 12.5 Å². The van der Waals surface area contributed by atoms with Crippen LogP contribution in [0.3, 0.4) is 0 Å². The van der Waals surface area contributed by atoms with Gasteiger partial charge in [0.15, 0.2) is 0 Å². The molecule has 0 saturated carbocycles. The molecule has 1 saturated heterocycles. The Morgan fingerprint density at radius 3 is 2.26 bits per heavy atom. The molecule has 0 aromatic heterocycles. The fourth-order valence-electron chi connectivity index (χ4n) is 2.14. The van der Waals surface area contributed by atoms with Gasteiger partial charge in [-0.15, -0.1) is 0 Å². The second-order valence-corrected chi connectivity index (χ2v) is 5.97. The molecule has 0 aliphatic carbocycles.